The van der Waals surface area contributed by atoms with Gasteiger partial charge in [0.25, 0.3) is 0 Å². The van der Waals surface area contributed by atoms with Gasteiger partial charge in [0.1, 0.15) is 12.4 Å². The van der Waals surface area contributed by atoms with Gasteiger partial charge in [0, 0.05) is 18.7 Å². The SMILES string of the molecule is CCCOCCOc1cc(OC)c(OC)cc1N. The Hall–Kier alpha value is -1.62. The van der Waals surface area contributed by atoms with Crippen LogP contribution in [0.5, 0.6) is 17.2 Å². The first-order valence-electron chi connectivity index (χ1n) is 5.95. The summed E-state index contributed by atoms with van der Waals surface area (Å²) in [5, 5.41) is 0. The number of ether oxygens (including phenoxy) is 4. The summed E-state index contributed by atoms with van der Waals surface area (Å²) in [6, 6.07) is 3.40. The van der Waals surface area contributed by atoms with Crippen molar-refractivity contribution in [1.29, 1.82) is 0 Å². The van der Waals surface area contributed by atoms with Gasteiger partial charge in [0.2, 0.25) is 0 Å². The number of hydrogen-bond donors (Lipinski definition) is 1. The van der Waals surface area contributed by atoms with E-state index in [4.69, 9.17) is 24.7 Å². The molecule has 0 amide bonds. The standard InChI is InChI=1S/C13H21NO4/c1-4-5-17-6-7-18-11-9-13(16-3)12(15-2)8-10(11)14/h8-9H,4-7,14H2,1-3H3. The van der Waals surface area contributed by atoms with Crippen molar-refractivity contribution < 1.29 is 18.9 Å². The molecule has 5 heteroatoms. The molecule has 1 aromatic carbocycles. The third kappa shape index (κ3) is 4.00. The fourth-order valence-corrected chi connectivity index (χ4v) is 1.46. The predicted octanol–water partition coefficient (Wildman–Crippen LogP) is 2.09. The van der Waals surface area contributed by atoms with Gasteiger partial charge >= 0.3 is 0 Å². The maximum absolute atomic E-state index is 5.86. The molecule has 0 aromatic heterocycles. The number of anilines is 1. The second-order valence-electron chi connectivity index (χ2n) is 3.71. The fraction of sp³-hybridized carbons (Fsp3) is 0.538. The van der Waals surface area contributed by atoms with Crippen LogP contribution >= 0.6 is 0 Å². The minimum Gasteiger partial charge on any atom is -0.493 e. The van der Waals surface area contributed by atoms with E-state index >= 15 is 0 Å². The number of benzene rings is 1. The monoisotopic (exact) mass is 255 g/mol. The molecule has 0 unspecified atom stereocenters. The van der Waals surface area contributed by atoms with Crippen molar-refractivity contribution in [3.05, 3.63) is 12.1 Å². The molecule has 0 bridgehead atoms. The average molecular weight is 255 g/mol. The van der Waals surface area contributed by atoms with Gasteiger partial charge in [-0.1, -0.05) is 6.92 Å². The van der Waals surface area contributed by atoms with Gasteiger partial charge in [-0.25, -0.2) is 0 Å². The van der Waals surface area contributed by atoms with E-state index in [1.165, 1.54) is 0 Å². The molecular formula is C13H21NO4. The third-order valence-corrected chi connectivity index (χ3v) is 2.35. The normalized spacial score (nSPS) is 10.2. The number of hydrogen-bond acceptors (Lipinski definition) is 5. The van der Waals surface area contributed by atoms with Crippen molar-refractivity contribution in [3.8, 4) is 17.2 Å². The van der Waals surface area contributed by atoms with E-state index in [1.54, 1.807) is 26.4 Å². The minimum absolute atomic E-state index is 0.458. The van der Waals surface area contributed by atoms with Gasteiger partial charge < -0.3 is 24.7 Å². The number of rotatable bonds is 8. The van der Waals surface area contributed by atoms with Gasteiger partial charge in [-0.2, -0.15) is 0 Å². The molecule has 1 rings (SSSR count). The number of methoxy groups -OCH3 is 2. The Morgan fingerprint density at radius 3 is 2.22 bits per heavy atom. The van der Waals surface area contributed by atoms with Crippen molar-refractivity contribution >= 4 is 5.69 Å². The van der Waals surface area contributed by atoms with Crippen molar-refractivity contribution in [2.75, 3.05) is 39.8 Å². The molecular weight excluding hydrogens is 234 g/mol. The molecule has 2 N–H and O–H groups in total. The molecule has 0 aliphatic carbocycles. The molecule has 1 aromatic rings. The van der Waals surface area contributed by atoms with Gasteiger partial charge in [0.15, 0.2) is 11.5 Å². The Kier molecular flexibility index (Phi) is 6.14. The van der Waals surface area contributed by atoms with Gasteiger partial charge in [-0.05, 0) is 6.42 Å². The van der Waals surface area contributed by atoms with E-state index in [-0.39, 0.29) is 0 Å². The lowest BCUT2D eigenvalue weighted by atomic mass is 10.2. The summed E-state index contributed by atoms with van der Waals surface area (Å²) >= 11 is 0. The lowest BCUT2D eigenvalue weighted by Gasteiger charge is -2.13. The zero-order chi connectivity index (χ0) is 13.4. The Bertz CT molecular complexity index is 368. The van der Waals surface area contributed by atoms with Gasteiger partial charge in [0.05, 0.1) is 26.5 Å². The highest BCUT2D eigenvalue weighted by atomic mass is 16.5. The zero-order valence-electron chi connectivity index (χ0n) is 11.2. The van der Waals surface area contributed by atoms with Crippen molar-refractivity contribution in [2.24, 2.45) is 0 Å². The second kappa shape index (κ2) is 7.66. The highest BCUT2D eigenvalue weighted by Gasteiger charge is 2.09. The number of nitrogen functional groups attached to an aromatic ring is 1. The maximum Gasteiger partial charge on any atom is 0.164 e. The van der Waals surface area contributed by atoms with E-state index in [1.807, 2.05) is 0 Å². The topological polar surface area (TPSA) is 62.9 Å². The average Bonchev–Trinajstić information content (AvgIpc) is 2.39. The van der Waals surface area contributed by atoms with Crippen molar-refractivity contribution in [1.82, 2.24) is 0 Å². The van der Waals surface area contributed by atoms with E-state index in [9.17, 15) is 0 Å². The highest BCUT2D eigenvalue weighted by Crippen LogP contribution is 2.36. The van der Waals surface area contributed by atoms with Crippen LogP contribution in [-0.4, -0.2) is 34.0 Å². The fourth-order valence-electron chi connectivity index (χ4n) is 1.46. The zero-order valence-corrected chi connectivity index (χ0v) is 11.2. The molecule has 0 fully saturated rings. The smallest absolute Gasteiger partial charge is 0.164 e. The van der Waals surface area contributed by atoms with Crippen molar-refractivity contribution in [2.45, 2.75) is 13.3 Å². The van der Waals surface area contributed by atoms with Crippen LogP contribution in [0.4, 0.5) is 5.69 Å². The van der Waals surface area contributed by atoms with Crippen molar-refractivity contribution in [3.63, 3.8) is 0 Å². The lowest BCUT2D eigenvalue weighted by molar-refractivity contribution is 0.101. The van der Waals surface area contributed by atoms with Crippen LogP contribution in [0.1, 0.15) is 13.3 Å². The molecule has 0 aliphatic heterocycles. The Labute approximate surface area is 108 Å². The van der Waals surface area contributed by atoms with Crippen LogP contribution < -0.4 is 19.9 Å². The Morgan fingerprint density at radius 1 is 0.944 bits per heavy atom. The van der Waals surface area contributed by atoms with Crippen LogP contribution in [0.15, 0.2) is 12.1 Å². The first-order valence-corrected chi connectivity index (χ1v) is 5.95. The molecule has 0 radical (unpaired) electrons. The predicted molar refractivity (Wildman–Crippen MR) is 70.6 cm³/mol. The van der Waals surface area contributed by atoms with Crippen LogP contribution in [0, 0.1) is 0 Å². The second-order valence-corrected chi connectivity index (χ2v) is 3.71. The molecule has 0 atom stereocenters. The molecule has 18 heavy (non-hydrogen) atoms. The summed E-state index contributed by atoms with van der Waals surface area (Å²) in [5.41, 5.74) is 6.38. The Morgan fingerprint density at radius 2 is 1.61 bits per heavy atom. The molecule has 0 heterocycles. The molecule has 0 aliphatic rings. The third-order valence-electron chi connectivity index (χ3n) is 2.35. The van der Waals surface area contributed by atoms with Crippen LogP contribution in [0.3, 0.4) is 0 Å². The summed E-state index contributed by atoms with van der Waals surface area (Å²) in [4.78, 5) is 0. The van der Waals surface area contributed by atoms with Crippen LogP contribution in [0.2, 0.25) is 0 Å². The van der Waals surface area contributed by atoms with E-state index in [0.717, 1.165) is 13.0 Å². The van der Waals surface area contributed by atoms with Gasteiger partial charge in [-0.3, -0.25) is 0 Å². The summed E-state index contributed by atoms with van der Waals surface area (Å²) in [6.07, 6.45) is 0.999. The lowest BCUT2D eigenvalue weighted by Crippen LogP contribution is -2.08. The van der Waals surface area contributed by atoms with Crippen LogP contribution in [-0.2, 0) is 4.74 Å². The Balaban J connectivity index is 2.59. The summed E-state index contributed by atoms with van der Waals surface area (Å²) in [5.74, 6) is 1.76. The first-order chi connectivity index (χ1) is 8.72. The summed E-state index contributed by atoms with van der Waals surface area (Å²) < 4.78 is 21.2. The molecule has 0 spiro atoms. The summed E-state index contributed by atoms with van der Waals surface area (Å²) in [6.45, 7) is 3.80. The molecule has 102 valence electrons. The molecule has 5 nitrogen and oxygen atoms in total. The van der Waals surface area contributed by atoms with E-state index < -0.39 is 0 Å². The molecule has 0 saturated heterocycles. The van der Waals surface area contributed by atoms with E-state index in [2.05, 4.69) is 6.92 Å². The van der Waals surface area contributed by atoms with E-state index in [0.29, 0.717) is 36.1 Å². The number of nitrogens with two attached hydrogens (primary N) is 1. The highest BCUT2D eigenvalue weighted by molar-refractivity contribution is 5.61. The molecule has 0 saturated carbocycles. The quantitative estimate of drug-likeness (QED) is 0.569. The largest absolute Gasteiger partial charge is 0.493 e. The van der Waals surface area contributed by atoms with Crippen LogP contribution in [0.25, 0.3) is 0 Å². The maximum atomic E-state index is 5.86. The minimum atomic E-state index is 0.458. The van der Waals surface area contributed by atoms with Gasteiger partial charge in [-0.15, -0.1) is 0 Å². The summed E-state index contributed by atoms with van der Waals surface area (Å²) in [7, 11) is 3.14. The first kappa shape index (κ1) is 14.4.